The fourth-order valence-corrected chi connectivity index (χ4v) is 3.18. The van der Waals surface area contributed by atoms with E-state index in [-0.39, 0.29) is 30.5 Å². The van der Waals surface area contributed by atoms with Gasteiger partial charge in [-0.3, -0.25) is 19.7 Å². The van der Waals surface area contributed by atoms with Crippen molar-refractivity contribution in [3.63, 3.8) is 0 Å². The number of nitro groups is 1. The first-order chi connectivity index (χ1) is 12.8. The molecule has 0 bridgehead atoms. The minimum absolute atomic E-state index is 0.0386. The Kier molecular flexibility index (Phi) is 5.09. The SMILES string of the molecule is Cc1ccc(NC(=O)C2CC(=O)N(c3ccc(F)c([N+](=O)[O-])c3)C2)c(Cl)c1. The fourth-order valence-electron chi connectivity index (χ4n) is 2.90. The molecule has 1 atom stereocenters. The second-order valence-corrected chi connectivity index (χ2v) is 6.68. The summed E-state index contributed by atoms with van der Waals surface area (Å²) in [7, 11) is 0. The molecular formula is C18H15ClFN3O4. The first-order valence-electron chi connectivity index (χ1n) is 8.07. The van der Waals surface area contributed by atoms with Gasteiger partial charge >= 0.3 is 5.69 Å². The van der Waals surface area contributed by atoms with Crippen LogP contribution in [0.15, 0.2) is 36.4 Å². The van der Waals surface area contributed by atoms with E-state index in [2.05, 4.69) is 5.32 Å². The van der Waals surface area contributed by atoms with Gasteiger partial charge in [-0.2, -0.15) is 4.39 Å². The van der Waals surface area contributed by atoms with Crippen LogP contribution < -0.4 is 10.2 Å². The molecule has 2 aromatic carbocycles. The summed E-state index contributed by atoms with van der Waals surface area (Å²) in [6.07, 6.45) is -0.0551. The van der Waals surface area contributed by atoms with Crippen molar-refractivity contribution in [1.29, 1.82) is 0 Å². The summed E-state index contributed by atoms with van der Waals surface area (Å²) in [5, 5.41) is 14.0. The van der Waals surface area contributed by atoms with Crippen LogP contribution in [0.2, 0.25) is 5.02 Å². The maximum atomic E-state index is 13.5. The fraction of sp³-hybridized carbons (Fsp3) is 0.222. The summed E-state index contributed by atoms with van der Waals surface area (Å²) in [6.45, 7) is 1.91. The molecule has 2 aromatic rings. The van der Waals surface area contributed by atoms with E-state index in [0.717, 1.165) is 17.7 Å². The number of carbonyl (C=O) groups is 2. The molecule has 27 heavy (non-hydrogen) atoms. The highest BCUT2D eigenvalue weighted by molar-refractivity contribution is 6.33. The Morgan fingerprint density at radius 1 is 1.33 bits per heavy atom. The molecule has 0 radical (unpaired) electrons. The number of anilines is 2. The van der Waals surface area contributed by atoms with E-state index in [0.29, 0.717) is 10.7 Å². The predicted molar refractivity (Wildman–Crippen MR) is 98.3 cm³/mol. The summed E-state index contributed by atoms with van der Waals surface area (Å²) in [5.41, 5.74) is 0.838. The molecule has 3 rings (SSSR count). The van der Waals surface area contributed by atoms with E-state index in [1.807, 2.05) is 6.92 Å². The number of hydrogen-bond donors (Lipinski definition) is 1. The molecule has 0 aliphatic carbocycles. The van der Waals surface area contributed by atoms with Crippen LogP contribution in [0.25, 0.3) is 0 Å². The average Bonchev–Trinajstić information content (AvgIpc) is 2.99. The predicted octanol–water partition coefficient (Wildman–Crippen LogP) is 3.69. The number of benzene rings is 2. The molecular weight excluding hydrogens is 377 g/mol. The van der Waals surface area contributed by atoms with Crippen LogP contribution in [0, 0.1) is 28.8 Å². The molecule has 9 heteroatoms. The van der Waals surface area contributed by atoms with Gasteiger partial charge in [0.25, 0.3) is 0 Å². The lowest BCUT2D eigenvalue weighted by Gasteiger charge is -2.17. The van der Waals surface area contributed by atoms with Crippen molar-refractivity contribution >= 4 is 40.5 Å². The minimum Gasteiger partial charge on any atom is -0.324 e. The first kappa shape index (κ1) is 18.8. The molecule has 1 aliphatic heterocycles. The number of halogens is 2. The molecule has 1 N–H and O–H groups in total. The van der Waals surface area contributed by atoms with Gasteiger partial charge in [-0.1, -0.05) is 17.7 Å². The van der Waals surface area contributed by atoms with Crippen LogP contribution >= 0.6 is 11.6 Å². The molecule has 140 valence electrons. The highest BCUT2D eigenvalue weighted by atomic mass is 35.5. The second kappa shape index (κ2) is 7.32. The summed E-state index contributed by atoms with van der Waals surface area (Å²) in [4.78, 5) is 36.0. The summed E-state index contributed by atoms with van der Waals surface area (Å²) in [6, 6.07) is 8.38. The number of rotatable bonds is 4. The Balaban J connectivity index is 1.76. The van der Waals surface area contributed by atoms with Gasteiger partial charge in [-0.05, 0) is 36.8 Å². The number of nitro benzene ring substituents is 1. The number of hydrogen-bond acceptors (Lipinski definition) is 4. The summed E-state index contributed by atoms with van der Waals surface area (Å²) in [5.74, 6) is -2.39. The van der Waals surface area contributed by atoms with Gasteiger partial charge in [0, 0.05) is 19.0 Å². The van der Waals surface area contributed by atoms with E-state index < -0.39 is 22.3 Å². The lowest BCUT2D eigenvalue weighted by molar-refractivity contribution is -0.387. The van der Waals surface area contributed by atoms with Gasteiger partial charge in [-0.15, -0.1) is 0 Å². The van der Waals surface area contributed by atoms with Crippen LogP contribution in [0.1, 0.15) is 12.0 Å². The quantitative estimate of drug-likeness (QED) is 0.635. The van der Waals surface area contributed by atoms with Crippen molar-refractivity contribution in [1.82, 2.24) is 0 Å². The van der Waals surface area contributed by atoms with E-state index in [4.69, 9.17) is 11.6 Å². The third-order valence-electron chi connectivity index (χ3n) is 4.32. The van der Waals surface area contributed by atoms with Gasteiger partial charge in [0.1, 0.15) is 0 Å². The van der Waals surface area contributed by atoms with Crippen LogP contribution in [-0.4, -0.2) is 23.3 Å². The summed E-state index contributed by atoms with van der Waals surface area (Å²) >= 11 is 6.10. The zero-order valence-electron chi connectivity index (χ0n) is 14.2. The Morgan fingerprint density at radius 3 is 2.74 bits per heavy atom. The number of nitrogens with one attached hydrogen (secondary N) is 1. The highest BCUT2D eigenvalue weighted by Gasteiger charge is 2.36. The van der Waals surface area contributed by atoms with Crippen molar-refractivity contribution in [2.45, 2.75) is 13.3 Å². The molecule has 1 heterocycles. The standard InChI is InChI=1S/C18H15ClFN3O4/c1-10-2-5-15(13(19)6-10)21-18(25)11-7-17(24)22(9-11)12-3-4-14(20)16(8-12)23(26)27/h2-6,8,11H,7,9H2,1H3,(H,21,25). The number of aryl methyl sites for hydroxylation is 1. The first-order valence-corrected chi connectivity index (χ1v) is 8.45. The van der Waals surface area contributed by atoms with Gasteiger partial charge in [0.05, 0.1) is 27.2 Å². The topological polar surface area (TPSA) is 92.6 Å². The largest absolute Gasteiger partial charge is 0.324 e. The van der Waals surface area contributed by atoms with Gasteiger partial charge in [0.15, 0.2) is 0 Å². The van der Waals surface area contributed by atoms with E-state index in [1.54, 1.807) is 18.2 Å². The highest BCUT2D eigenvalue weighted by Crippen LogP contribution is 2.31. The maximum absolute atomic E-state index is 13.5. The molecule has 0 saturated carbocycles. The minimum atomic E-state index is -0.987. The second-order valence-electron chi connectivity index (χ2n) is 6.27. The summed E-state index contributed by atoms with van der Waals surface area (Å²) < 4.78 is 13.5. The molecule has 7 nitrogen and oxygen atoms in total. The van der Waals surface area contributed by atoms with Crippen molar-refractivity contribution in [3.05, 3.63) is 62.9 Å². The Bertz CT molecular complexity index is 950. The van der Waals surface area contributed by atoms with Crippen molar-refractivity contribution in [2.24, 2.45) is 5.92 Å². The van der Waals surface area contributed by atoms with Gasteiger partial charge in [-0.25, -0.2) is 0 Å². The zero-order chi connectivity index (χ0) is 19.7. The van der Waals surface area contributed by atoms with Crippen molar-refractivity contribution in [3.8, 4) is 0 Å². The average molecular weight is 392 g/mol. The van der Waals surface area contributed by atoms with Crippen LogP contribution in [0.3, 0.4) is 0 Å². The Labute approximate surface area is 158 Å². The van der Waals surface area contributed by atoms with Crippen molar-refractivity contribution < 1.29 is 18.9 Å². The van der Waals surface area contributed by atoms with Crippen LogP contribution in [0.4, 0.5) is 21.5 Å². The molecule has 1 unspecified atom stereocenters. The van der Waals surface area contributed by atoms with Crippen molar-refractivity contribution in [2.75, 3.05) is 16.8 Å². The van der Waals surface area contributed by atoms with Gasteiger partial charge < -0.3 is 10.2 Å². The normalized spacial score (nSPS) is 16.5. The Hall–Kier alpha value is -3.00. The third-order valence-corrected chi connectivity index (χ3v) is 4.63. The Morgan fingerprint density at radius 2 is 2.07 bits per heavy atom. The monoisotopic (exact) mass is 391 g/mol. The van der Waals surface area contributed by atoms with E-state index in [1.165, 1.54) is 11.0 Å². The van der Waals surface area contributed by atoms with Crippen LogP contribution in [-0.2, 0) is 9.59 Å². The molecule has 0 aromatic heterocycles. The lowest BCUT2D eigenvalue weighted by atomic mass is 10.1. The van der Waals surface area contributed by atoms with Gasteiger partial charge in [0.2, 0.25) is 17.6 Å². The number of nitrogens with zero attached hydrogens (tertiary/aromatic N) is 2. The zero-order valence-corrected chi connectivity index (χ0v) is 15.0. The van der Waals surface area contributed by atoms with E-state index in [9.17, 15) is 24.1 Å². The number of amides is 2. The molecule has 1 saturated heterocycles. The number of carbonyl (C=O) groups excluding carboxylic acids is 2. The smallest absolute Gasteiger partial charge is 0.306 e. The molecule has 0 spiro atoms. The third kappa shape index (κ3) is 3.90. The molecule has 1 aliphatic rings. The lowest BCUT2D eigenvalue weighted by Crippen LogP contribution is -2.28. The maximum Gasteiger partial charge on any atom is 0.306 e. The molecule has 1 fully saturated rings. The van der Waals surface area contributed by atoms with Crippen LogP contribution in [0.5, 0.6) is 0 Å². The molecule has 2 amide bonds. The van der Waals surface area contributed by atoms with E-state index >= 15 is 0 Å².